The molecule has 3 rings (SSSR count). The van der Waals surface area contributed by atoms with E-state index in [1.165, 1.54) is 32.1 Å². The van der Waals surface area contributed by atoms with E-state index in [4.69, 9.17) is 4.74 Å². The lowest BCUT2D eigenvalue weighted by Crippen LogP contribution is -2.67. The second kappa shape index (κ2) is 3.21. The summed E-state index contributed by atoms with van der Waals surface area (Å²) in [5, 5.41) is 11.0. The van der Waals surface area contributed by atoms with Crippen LogP contribution < -0.4 is 0 Å². The van der Waals surface area contributed by atoms with E-state index in [9.17, 15) is 5.11 Å². The lowest BCUT2D eigenvalue weighted by atomic mass is 9.50. The molecular weight excluding hydrogens is 188 g/mol. The minimum atomic E-state index is -0.485. The Kier molecular flexibility index (Phi) is 2.16. The van der Waals surface area contributed by atoms with Crippen LogP contribution in [0.1, 0.15) is 51.9 Å². The third-order valence-corrected chi connectivity index (χ3v) is 5.41. The molecule has 1 N–H and O–H groups in total. The van der Waals surface area contributed by atoms with Gasteiger partial charge >= 0.3 is 0 Å². The molecule has 2 unspecified atom stereocenters. The highest BCUT2D eigenvalue weighted by Gasteiger charge is 2.62. The van der Waals surface area contributed by atoms with Gasteiger partial charge in [0, 0.05) is 5.41 Å². The summed E-state index contributed by atoms with van der Waals surface area (Å²) in [4.78, 5) is 0. The van der Waals surface area contributed by atoms with Crippen molar-refractivity contribution >= 4 is 0 Å². The molecule has 2 nitrogen and oxygen atoms in total. The summed E-state index contributed by atoms with van der Waals surface area (Å²) in [5.74, 6) is 0.541. The molecule has 86 valence electrons. The molecule has 1 saturated heterocycles. The highest BCUT2D eigenvalue weighted by Crippen LogP contribution is 2.60. The van der Waals surface area contributed by atoms with Gasteiger partial charge in [-0.25, -0.2) is 0 Å². The molecule has 2 heteroatoms. The lowest BCUT2D eigenvalue weighted by Gasteiger charge is -2.62. The molecule has 3 fully saturated rings. The van der Waals surface area contributed by atoms with Gasteiger partial charge in [0.15, 0.2) is 0 Å². The molecule has 3 aliphatic rings. The lowest BCUT2D eigenvalue weighted by molar-refractivity contribution is -0.279. The van der Waals surface area contributed by atoms with Crippen molar-refractivity contribution in [2.75, 3.05) is 6.61 Å². The number of rotatable bonds is 0. The first-order valence-electron chi connectivity index (χ1n) is 6.53. The minimum absolute atomic E-state index is 0.141. The van der Waals surface area contributed by atoms with E-state index in [0.717, 1.165) is 19.4 Å². The molecule has 0 amide bonds. The van der Waals surface area contributed by atoms with Crippen LogP contribution in [0, 0.1) is 11.3 Å². The van der Waals surface area contributed by atoms with Gasteiger partial charge in [-0.2, -0.15) is 0 Å². The molecule has 2 aliphatic carbocycles. The van der Waals surface area contributed by atoms with E-state index >= 15 is 0 Å². The Labute approximate surface area is 92.0 Å². The van der Waals surface area contributed by atoms with Crippen molar-refractivity contribution in [1.82, 2.24) is 0 Å². The Balaban J connectivity index is 2.03. The van der Waals surface area contributed by atoms with E-state index in [-0.39, 0.29) is 11.5 Å². The molecule has 0 aromatic carbocycles. The summed E-state index contributed by atoms with van der Waals surface area (Å²) in [7, 11) is 0. The second-order valence-corrected chi connectivity index (χ2v) is 5.90. The third-order valence-electron chi connectivity index (χ3n) is 5.41. The minimum Gasteiger partial charge on any atom is -0.387 e. The molecule has 2 bridgehead atoms. The largest absolute Gasteiger partial charge is 0.387 e. The molecule has 0 aromatic heterocycles. The average Bonchev–Trinajstić information content (AvgIpc) is 2.23. The van der Waals surface area contributed by atoms with Gasteiger partial charge in [-0.3, -0.25) is 0 Å². The molecule has 2 saturated carbocycles. The quantitative estimate of drug-likeness (QED) is 0.665. The van der Waals surface area contributed by atoms with Crippen molar-refractivity contribution in [2.24, 2.45) is 11.3 Å². The van der Waals surface area contributed by atoms with E-state index < -0.39 is 5.60 Å². The monoisotopic (exact) mass is 210 g/mol. The topological polar surface area (TPSA) is 29.5 Å². The summed E-state index contributed by atoms with van der Waals surface area (Å²) in [6.07, 6.45) is 8.38. The summed E-state index contributed by atoms with van der Waals surface area (Å²) in [6, 6.07) is 0. The fraction of sp³-hybridized carbons (Fsp3) is 1.00. The van der Waals surface area contributed by atoms with Crippen molar-refractivity contribution in [1.29, 1.82) is 0 Å². The molecule has 0 spiro atoms. The maximum Gasteiger partial charge on any atom is 0.0967 e. The standard InChI is InChI=1S/C13H22O2/c1-10-9-15-11-5-4-7-12(10)6-2-3-8-13(11,12)14/h10-11,14H,2-9H2,1H3/t10?,11-,12+,13?/m0/s1. The summed E-state index contributed by atoms with van der Waals surface area (Å²) in [6.45, 7) is 3.14. The zero-order chi connectivity index (χ0) is 10.5. The number of hydrogen-bond acceptors (Lipinski definition) is 2. The SMILES string of the molecule is CC1CO[C@H]2CCC[C@]13CCCCC23O. The first kappa shape index (κ1) is 10.1. The van der Waals surface area contributed by atoms with Crippen molar-refractivity contribution in [3.63, 3.8) is 0 Å². The van der Waals surface area contributed by atoms with Gasteiger partial charge in [0.2, 0.25) is 0 Å². The van der Waals surface area contributed by atoms with Crippen molar-refractivity contribution in [2.45, 2.75) is 63.6 Å². The molecule has 0 radical (unpaired) electrons. The van der Waals surface area contributed by atoms with E-state index in [0.29, 0.717) is 5.92 Å². The Morgan fingerprint density at radius 3 is 2.67 bits per heavy atom. The zero-order valence-electron chi connectivity index (χ0n) is 9.67. The van der Waals surface area contributed by atoms with E-state index in [2.05, 4.69) is 6.92 Å². The molecule has 1 heterocycles. The van der Waals surface area contributed by atoms with Gasteiger partial charge in [-0.05, 0) is 31.6 Å². The highest BCUT2D eigenvalue weighted by molar-refractivity contribution is 5.12. The molecule has 1 aliphatic heterocycles. The van der Waals surface area contributed by atoms with Gasteiger partial charge in [-0.15, -0.1) is 0 Å². The Morgan fingerprint density at radius 2 is 1.87 bits per heavy atom. The maximum atomic E-state index is 11.0. The maximum absolute atomic E-state index is 11.0. The van der Waals surface area contributed by atoms with Crippen LogP contribution in [0.3, 0.4) is 0 Å². The first-order chi connectivity index (χ1) is 7.19. The first-order valence-corrected chi connectivity index (χ1v) is 6.53. The Hall–Kier alpha value is -0.0800. The Bertz CT molecular complexity index is 261. The fourth-order valence-corrected chi connectivity index (χ4v) is 4.53. The summed E-state index contributed by atoms with van der Waals surface area (Å²) < 4.78 is 5.88. The highest BCUT2D eigenvalue weighted by atomic mass is 16.5. The molecule has 4 atom stereocenters. The summed E-state index contributed by atoms with van der Waals surface area (Å²) in [5.41, 5.74) is -0.284. The van der Waals surface area contributed by atoms with Crippen molar-refractivity contribution in [3.8, 4) is 0 Å². The van der Waals surface area contributed by atoms with Crippen LogP contribution in [-0.4, -0.2) is 23.4 Å². The van der Waals surface area contributed by atoms with Crippen LogP contribution in [0.5, 0.6) is 0 Å². The second-order valence-electron chi connectivity index (χ2n) is 5.90. The number of hydrogen-bond donors (Lipinski definition) is 1. The van der Waals surface area contributed by atoms with Gasteiger partial charge in [0.25, 0.3) is 0 Å². The van der Waals surface area contributed by atoms with Gasteiger partial charge < -0.3 is 9.84 Å². The van der Waals surface area contributed by atoms with E-state index in [1.54, 1.807) is 0 Å². The molecular formula is C13H22O2. The molecule has 0 aromatic rings. The van der Waals surface area contributed by atoms with Crippen LogP contribution >= 0.6 is 0 Å². The smallest absolute Gasteiger partial charge is 0.0967 e. The van der Waals surface area contributed by atoms with Crippen molar-refractivity contribution < 1.29 is 9.84 Å². The number of ether oxygens (including phenoxy) is 1. The Morgan fingerprint density at radius 1 is 1.13 bits per heavy atom. The normalized spacial score (nSPS) is 54.8. The van der Waals surface area contributed by atoms with Crippen LogP contribution in [0.4, 0.5) is 0 Å². The number of aliphatic hydroxyl groups is 1. The van der Waals surface area contributed by atoms with Gasteiger partial charge in [0.1, 0.15) is 0 Å². The van der Waals surface area contributed by atoms with Crippen LogP contribution in [0.25, 0.3) is 0 Å². The molecule has 15 heavy (non-hydrogen) atoms. The van der Waals surface area contributed by atoms with Gasteiger partial charge in [0.05, 0.1) is 18.3 Å². The summed E-state index contributed by atoms with van der Waals surface area (Å²) >= 11 is 0. The average molecular weight is 210 g/mol. The van der Waals surface area contributed by atoms with Gasteiger partial charge in [-0.1, -0.05) is 26.2 Å². The van der Waals surface area contributed by atoms with Crippen LogP contribution in [-0.2, 0) is 4.74 Å². The predicted octanol–water partition coefficient (Wildman–Crippen LogP) is 2.50. The third kappa shape index (κ3) is 1.13. The fourth-order valence-electron chi connectivity index (χ4n) is 4.53. The zero-order valence-corrected chi connectivity index (χ0v) is 9.67. The predicted molar refractivity (Wildman–Crippen MR) is 58.6 cm³/mol. The van der Waals surface area contributed by atoms with Crippen LogP contribution in [0.2, 0.25) is 0 Å². The van der Waals surface area contributed by atoms with E-state index in [1.807, 2.05) is 0 Å². The van der Waals surface area contributed by atoms with Crippen molar-refractivity contribution in [3.05, 3.63) is 0 Å². The van der Waals surface area contributed by atoms with Crippen LogP contribution in [0.15, 0.2) is 0 Å².